The zero-order chi connectivity index (χ0) is 14.4. The first-order valence-electron chi connectivity index (χ1n) is 6.44. The summed E-state index contributed by atoms with van der Waals surface area (Å²) in [6.45, 7) is 3.53. The average molecular weight is 270 g/mol. The van der Waals surface area contributed by atoms with Gasteiger partial charge in [0.05, 0.1) is 6.04 Å². The van der Waals surface area contributed by atoms with Crippen LogP contribution in [0.2, 0.25) is 0 Å². The van der Waals surface area contributed by atoms with E-state index < -0.39 is 17.7 Å². The molecular weight excluding hydrogens is 250 g/mol. The Morgan fingerprint density at radius 2 is 1.95 bits per heavy atom. The van der Waals surface area contributed by atoms with E-state index in [1.165, 1.54) is 18.2 Å². The van der Waals surface area contributed by atoms with Gasteiger partial charge in [0.2, 0.25) is 5.91 Å². The Bertz CT molecular complexity index is 417. The van der Waals surface area contributed by atoms with Gasteiger partial charge in [-0.25, -0.2) is 8.78 Å². The fourth-order valence-corrected chi connectivity index (χ4v) is 2.01. The van der Waals surface area contributed by atoms with Crippen LogP contribution in [0.1, 0.15) is 44.7 Å². The van der Waals surface area contributed by atoms with E-state index in [1.54, 1.807) is 6.92 Å². The van der Waals surface area contributed by atoms with Crippen LogP contribution in [0.3, 0.4) is 0 Å². The molecule has 0 saturated carbocycles. The van der Waals surface area contributed by atoms with E-state index in [0.717, 1.165) is 12.8 Å². The zero-order valence-corrected chi connectivity index (χ0v) is 11.2. The SMILES string of the molecule is CCCC(N)CC(=O)NC(C)c1c(F)cccc1F. The first kappa shape index (κ1) is 15.6. The van der Waals surface area contributed by atoms with Crippen molar-refractivity contribution in [2.45, 2.75) is 45.2 Å². The molecule has 2 atom stereocenters. The van der Waals surface area contributed by atoms with Gasteiger partial charge in [-0.05, 0) is 25.5 Å². The second kappa shape index (κ2) is 7.19. The van der Waals surface area contributed by atoms with Crippen LogP contribution in [0.5, 0.6) is 0 Å². The lowest BCUT2D eigenvalue weighted by Crippen LogP contribution is -2.33. The van der Waals surface area contributed by atoms with Crippen molar-refractivity contribution in [3.05, 3.63) is 35.4 Å². The Balaban J connectivity index is 2.64. The Morgan fingerprint density at radius 3 is 2.47 bits per heavy atom. The van der Waals surface area contributed by atoms with Gasteiger partial charge in [0.25, 0.3) is 0 Å². The summed E-state index contributed by atoms with van der Waals surface area (Å²) in [5.74, 6) is -1.62. The van der Waals surface area contributed by atoms with Gasteiger partial charge in [-0.15, -0.1) is 0 Å². The molecule has 19 heavy (non-hydrogen) atoms. The number of rotatable bonds is 6. The predicted octanol–water partition coefficient (Wildman–Crippen LogP) is 2.66. The van der Waals surface area contributed by atoms with Gasteiger partial charge in [0.15, 0.2) is 0 Å². The van der Waals surface area contributed by atoms with Gasteiger partial charge in [0.1, 0.15) is 11.6 Å². The van der Waals surface area contributed by atoms with Crippen molar-refractivity contribution in [1.29, 1.82) is 0 Å². The number of hydrogen-bond acceptors (Lipinski definition) is 2. The molecule has 3 nitrogen and oxygen atoms in total. The van der Waals surface area contributed by atoms with E-state index >= 15 is 0 Å². The minimum atomic E-state index is -0.720. The maximum Gasteiger partial charge on any atom is 0.222 e. The molecule has 1 aromatic rings. The minimum Gasteiger partial charge on any atom is -0.349 e. The summed E-state index contributed by atoms with van der Waals surface area (Å²) >= 11 is 0. The molecule has 0 saturated heterocycles. The Kier molecular flexibility index (Phi) is 5.89. The maximum atomic E-state index is 13.5. The molecule has 3 N–H and O–H groups in total. The lowest BCUT2D eigenvalue weighted by Gasteiger charge is -2.17. The summed E-state index contributed by atoms with van der Waals surface area (Å²) < 4.78 is 27.0. The highest BCUT2D eigenvalue weighted by atomic mass is 19.1. The molecule has 1 rings (SSSR count). The Morgan fingerprint density at radius 1 is 1.37 bits per heavy atom. The summed E-state index contributed by atoms with van der Waals surface area (Å²) in [7, 11) is 0. The minimum absolute atomic E-state index is 0.125. The third-order valence-corrected chi connectivity index (χ3v) is 2.92. The normalized spacial score (nSPS) is 13.9. The van der Waals surface area contributed by atoms with Gasteiger partial charge in [-0.2, -0.15) is 0 Å². The monoisotopic (exact) mass is 270 g/mol. The van der Waals surface area contributed by atoms with Crippen molar-refractivity contribution in [2.75, 3.05) is 0 Å². The first-order valence-corrected chi connectivity index (χ1v) is 6.44. The second-order valence-corrected chi connectivity index (χ2v) is 4.68. The third kappa shape index (κ3) is 4.59. The van der Waals surface area contributed by atoms with E-state index in [2.05, 4.69) is 5.32 Å². The van der Waals surface area contributed by atoms with E-state index in [4.69, 9.17) is 5.73 Å². The van der Waals surface area contributed by atoms with Gasteiger partial charge in [0, 0.05) is 18.0 Å². The highest BCUT2D eigenvalue weighted by Gasteiger charge is 2.18. The molecule has 0 heterocycles. The van der Waals surface area contributed by atoms with Gasteiger partial charge in [-0.3, -0.25) is 4.79 Å². The quantitative estimate of drug-likeness (QED) is 0.835. The first-order chi connectivity index (χ1) is 8.95. The number of nitrogens with one attached hydrogen (secondary N) is 1. The molecule has 0 aliphatic heterocycles. The topological polar surface area (TPSA) is 55.1 Å². The van der Waals surface area contributed by atoms with Gasteiger partial charge in [-0.1, -0.05) is 19.4 Å². The molecule has 0 aliphatic rings. The van der Waals surface area contributed by atoms with E-state index in [0.29, 0.717) is 0 Å². The van der Waals surface area contributed by atoms with Crippen molar-refractivity contribution in [3.8, 4) is 0 Å². The van der Waals surface area contributed by atoms with Crippen molar-refractivity contribution in [2.24, 2.45) is 5.73 Å². The maximum absolute atomic E-state index is 13.5. The molecule has 0 aliphatic carbocycles. The summed E-state index contributed by atoms with van der Waals surface area (Å²) in [4.78, 5) is 11.7. The number of nitrogens with two attached hydrogens (primary N) is 1. The standard InChI is InChI=1S/C14H20F2N2O/c1-3-5-10(17)8-13(19)18-9(2)14-11(15)6-4-7-12(14)16/h4,6-7,9-10H,3,5,8,17H2,1-2H3,(H,18,19). The number of hydrogen-bond donors (Lipinski definition) is 2. The number of halogens is 2. The number of carbonyl (C=O) groups is 1. The van der Waals surface area contributed by atoms with Crippen molar-refractivity contribution in [3.63, 3.8) is 0 Å². The predicted molar refractivity (Wildman–Crippen MR) is 70.4 cm³/mol. The molecule has 1 amide bonds. The molecule has 0 spiro atoms. The van der Waals surface area contributed by atoms with Crippen LogP contribution in [0, 0.1) is 11.6 Å². The van der Waals surface area contributed by atoms with Crippen LogP contribution in [-0.4, -0.2) is 11.9 Å². The molecular formula is C14H20F2N2O. The highest BCUT2D eigenvalue weighted by molar-refractivity contribution is 5.77. The summed E-state index contributed by atoms with van der Waals surface area (Å²) in [6, 6.07) is 2.69. The van der Waals surface area contributed by atoms with Crippen molar-refractivity contribution < 1.29 is 13.6 Å². The molecule has 2 unspecified atom stereocenters. The van der Waals surface area contributed by atoms with E-state index in [9.17, 15) is 13.6 Å². The van der Waals surface area contributed by atoms with Crippen molar-refractivity contribution in [1.82, 2.24) is 5.32 Å². The fourth-order valence-electron chi connectivity index (χ4n) is 2.01. The largest absolute Gasteiger partial charge is 0.349 e. The molecule has 0 bridgehead atoms. The van der Waals surface area contributed by atoms with E-state index in [1.807, 2.05) is 6.92 Å². The summed E-state index contributed by atoms with van der Waals surface area (Å²) in [6.07, 6.45) is 1.80. The molecule has 5 heteroatoms. The number of benzene rings is 1. The zero-order valence-electron chi connectivity index (χ0n) is 11.2. The average Bonchev–Trinajstić information content (AvgIpc) is 2.28. The van der Waals surface area contributed by atoms with Crippen LogP contribution in [0.4, 0.5) is 8.78 Å². The molecule has 0 radical (unpaired) electrons. The molecule has 1 aromatic carbocycles. The fraction of sp³-hybridized carbons (Fsp3) is 0.500. The second-order valence-electron chi connectivity index (χ2n) is 4.68. The molecule has 106 valence electrons. The van der Waals surface area contributed by atoms with Crippen molar-refractivity contribution >= 4 is 5.91 Å². The lowest BCUT2D eigenvalue weighted by molar-refractivity contribution is -0.122. The van der Waals surface area contributed by atoms with Crippen LogP contribution >= 0.6 is 0 Å². The Hall–Kier alpha value is -1.49. The molecule has 0 aromatic heterocycles. The number of carbonyl (C=O) groups excluding carboxylic acids is 1. The number of amides is 1. The van der Waals surface area contributed by atoms with Crippen LogP contribution in [0.25, 0.3) is 0 Å². The van der Waals surface area contributed by atoms with Gasteiger partial charge < -0.3 is 11.1 Å². The van der Waals surface area contributed by atoms with Crippen LogP contribution in [-0.2, 0) is 4.79 Å². The van der Waals surface area contributed by atoms with Crippen LogP contribution in [0.15, 0.2) is 18.2 Å². The smallest absolute Gasteiger partial charge is 0.222 e. The molecule has 0 fully saturated rings. The lowest BCUT2D eigenvalue weighted by atomic mass is 10.1. The Labute approximate surface area is 112 Å². The van der Waals surface area contributed by atoms with Crippen LogP contribution < -0.4 is 11.1 Å². The highest BCUT2D eigenvalue weighted by Crippen LogP contribution is 2.20. The summed E-state index contributed by atoms with van der Waals surface area (Å²) in [5, 5.41) is 2.57. The summed E-state index contributed by atoms with van der Waals surface area (Å²) in [5.41, 5.74) is 5.63. The third-order valence-electron chi connectivity index (χ3n) is 2.92. The van der Waals surface area contributed by atoms with E-state index in [-0.39, 0.29) is 23.9 Å². The van der Waals surface area contributed by atoms with Gasteiger partial charge >= 0.3 is 0 Å².